The second kappa shape index (κ2) is 16.8. The lowest BCUT2D eigenvalue weighted by Gasteiger charge is -2.49. The van der Waals surface area contributed by atoms with E-state index in [0.29, 0.717) is 39.6 Å². The molecule has 0 amide bonds. The molecule has 0 unspecified atom stereocenters. The first-order valence-corrected chi connectivity index (χ1v) is 15.7. The van der Waals surface area contributed by atoms with Crippen LogP contribution in [0.3, 0.4) is 0 Å². The molecule has 0 rings (SSSR count). The molecular formula is C22H50O6Si2. The molecule has 0 aromatic carbocycles. The third-order valence-electron chi connectivity index (χ3n) is 5.39. The van der Waals surface area contributed by atoms with Gasteiger partial charge in [0.1, 0.15) is 4.66 Å². The normalized spacial score (nSPS) is 13.2. The summed E-state index contributed by atoms with van der Waals surface area (Å²) in [6.07, 6.45) is 8.12. The van der Waals surface area contributed by atoms with Crippen molar-refractivity contribution in [3.05, 3.63) is 0 Å². The molecule has 0 bridgehead atoms. The van der Waals surface area contributed by atoms with Gasteiger partial charge in [-0.1, -0.05) is 52.4 Å². The van der Waals surface area contributed by atoms with Crippen molar-refractivity contribution in [1.29, 1.82) is 0 Å². The molecule has 0 atom stereocenters. The van der Waals surface area contributed by atoms with E-state index in [1.54, 1.807) is 0 Å². The van der Waals surface area contributed by atoms with Crippen LogP contribution in [0.15, 0.2) is 0 Å². The van der Waals surface area contributed by atoms with Crippen LogP contribution in [0.4, 0.5) is 0 Å². The summed E-state index contributed by atoms with van der Waals surface area (Å²) in [6.45, 7) is 19.5. The lowest BCUT2D eigenvalue weighted by Crippen LogP contribution is -2.70. The number of hydrogen-bond acceptors (Lipinski definition) is 6. The molecule has 30 heavy (non-hydrogen) atoms. The molecule has 0 aromatic rings. The average molecular weight is 467 g/mol. The fourth-order valence-electron chi connectivity index (χ4n) is 4.10. The van der Waals surface area contributed by atoms with Gasteiger partial charge in [-0.2, -0.15) is 0 Å². The van der Waals surface area contributed by atoms with Crippen LogP contribution < -0.4 is 0 Å². The molecule has 0 aliphatic rings. The fraction of sp³-hybridized carbons (Fsp3) is 1.00. The maximum absolute atomic E-state index is 6.41. The van der Waals surface area contributed by atoms with E-state index in [1.165, 1.54) is 32.1 Å². The Hall–Kier alpha value is 0.194. The largest absolute Gasteiger partial charge is 0.511 e. The van der Waals surface area contributed by atoms with Gasteiger partial charge in [0.25, 0.3) is 0 Å². The summed E-state index contributed by atoms with van der Waals surface area (Å²) >= 11 is 0. The molecule has 0 aromatic heterocycles. The zero-order valence-corrected chi connectivity index (χ0v) is 23.1. The minimum atomic E-state index is -3.18. The summed E-state index contributed by atoms with van der Waals surface area (Å²) in [5.41, 5.74) is 0. The van der Waals surface area contributed by atoms with Crippen molar-refractivity contribution in [3.8, 4) is 0 Å². The number of hydrogen-bond donors (Lipinski definition) is 0. The van der Waals surface area contributed by atoms with Crippen LogP contribution in [-0.4, -0.2) is 57.3 Å². The fourth-order valence-corrected chi connectivity index (χ4v) is 12.6. The number of unbranched alkanes of at least 4 members (excludes halogenated alkanes) is 5. The van der Waals surface area contributed by atoms with Crippen LogP contribution in [0.5, 0.6) is 0 Å². The highest BCUT2D eigenvalue weighted by molar-refractivity contribution is 6.85. The average Bonchev–Trinajstić information content (AvgIpc) is 2.71. The Labute approximate surface area is 189 Å². The molecule has 0 fully saturated rings. The van der Waals surface area contributed by atoms with Crippen LogP contribution >= 0.6 is 0 Å². The van der Waals surface area contributed by atoms with Gasteiger partial charge in [0.05, 0.1) is 0 Å². The van der Waals surface area contributed by atoms with E-state index >= 15 is 0 Å². The standard InChI is InChI=1S/C22H50O6Si2/c1-9-16-17-18-19-20-21-22(8,29(23-10-2,24-11-3)25-12-4)30(26-13-5,27-14-6)28-15-7/h9-21H2,1-8H3. The third-order valence-corrected chi connectivity index (χ3v) is 14.4. The van der Waals surface area contributed by atoms with E-state index in [1.807, 2.05) is 41.5 Å². The molecule has 0 saturated carbocycles. The molecule has 0 spiro atoms. The minimum Gasteiger partial charge on any atom is -0.373 e. The third kappa shape index (κ3) is 7.96. The van der Waals surface area contributed by atoms with E-state index in [9.17, 15) is 0 Å². The van der Waals surface area contributed by atoms with Gasteiger partial charge in [0, 0.05) is 39.6 Å². The van der Waals surface area contributed by atoms with E-state index in [2.05, 4.69) is 13.8 Å². The van der Waals surface area contributed by atoms with Crippen LogP contribution in [0.25, 0.3) is 0 Å². The quantitative estimate of drug-likeness (QED) is 0.150. The Bertz CT molecular complexity index is 351. The van der Waals surface area contributed by atoms with Gasteiger partial charge in [-0.3, -0.25) is 0 Å². The van der Waals surface area contributed by atoms with Crippen molar-refractivity contribution in [2.24, 2.45) is 0 Å². The van der Waals surface area contributed by atoms with Crippen molar-refractivity contribution in [2.75, 3.05) is 39.6 Å². The highest BCUT2D eigenvalue weighted by Crippen LogP contribution is 2.53. The molecule has 0 radical (unpaired) electrons. The van der Waals surface area contributed by atoms with Crippen molar-refractivity contribution >= 4 is 17.6 Å². The molecule has 182 valence electrons. The lowest BCUT2D eigenvalue weighted by molar-refractivity contribution is 0.0112. The van der Waals surface area contributed by atoms with E-state index in [-0.39, 0.29) is 0 Å². The van der Waals surface area contributed by atoms with Crippen molar-refractivity contribution in [1.82, 2.24) is 0 Å². The minimum absolute atomic E-state index is 0.521. The monoisotopic (exact) mass is 466 g/mol. The van der Waals surface area contributed by atoms with Crippen LogP contribution in [0.2, 0.25) is 4.66 Å². The zero-order chi connectivity index (χ0) is 22.9. The first-order chi connectivity index (χ1) is 14.4. The Kier molecular flexibility index (Phi) is 16.9. The van der Waals surface area contributed by atoms with Crippen LogP contribution in [0, 0.1) is 0 Å². The van der Waals surface area contributed by atoms with Gasteiger partial charge in [-0.15, -0.1) is 0 Å². The summed E-state index contributed by atoms with van der Waals surface area (Å²) in [4.78, 5) is 0. The van der Waals surface area contributed by atoms with E-state index in [0.717, 1.165) is 12.8 Å². The predicted octanol–water partition coefficient (Wildman–Crippen LogP) is 6.13. The second-order valence-electron chi connectivity index (χ2n) is 7.56. The van der Waals surface area contributed by atoms with E-state index in [4.69, 9.17) is 26.6 Å². The Balaban J connectivity index is 6.20. The molecular weight excluding hydrogens is 416 g/mol. The Morgan fingerprint density at radius 3 is 1.07 bits per heavy atom. The summed E-state index contributed by atoms with van der Waals surface area (Å²) in [7, 11) is -6.37. The first-order valence-electron chi connectivity index (χ1n) is 12.3. The van der Waals surface area contributed by atoms with Gasteiger partial charge in [0.15, 0.2) is 0 Å². The predicted molar refractivity (Wildman–Crippen MR) is 128 cm³/mol. The molecule has 0 N–H and O–H groups in total. The van der Waals surface area contributed by atoms with Crippen molar-refractivity contribution in [3.63, 3.8) is 0 Å². The first kappa shape index (κ1) is 30.2. The molecule has 0 heterocycles. The van der Waals surface area contributed by atoms with Crippen molar-refractivity contribution in [2.45, 2.75) is 105 Å². The SMILES string of the molecule is CCCCCCCCC(C)([Si](OCC)(OCC)OCC)[Si](OCC)(OCC)OCC. The van der Waals surface area contributed by atoms with Gasteiger partial charge in [-0.05, 0) is 48.0 Å². The topological polar surface area (TPSA) is 55.4 Å². The second-order valence-corrected chi connectivity index (χ2v) is 14.2. The Morgan fingerprint density at radius 1 is 0.467 bits per heavy atom. The van der Waals surface area contributed by atoms with Gasteiger partial charge >= 0.3 is 17.6 Å². The maximum atomic E-state index is 6.41. The zero-order valence-electron chi connectivity index (χ0n) is 21.1. The van der Waals surface area contributed by atoms with Gasteiger partial charge in [0.2, 0.25) is 0 Å². The smallest absolute Gasteiger partial charge is 0.373 e. The summed E-state index contributed by atoms with van der Waals surface area (Å²) in [5, 5.41) is 0. The maximum Gasteiger partial charge on any atom is 0.511 e. The molecule has 0 aliphatic heterocycles. The van der Waals surface area contributed by atoms with E-state index < -0.39 is 22.3 Å². The highest BCUT2D eigenvalue weighted by Gasteiger charge is 2.74. The molecule has 0 aliphatic carbocycles. The summed E-state index contributed by atoms with van der Waals surface area (Å²) in [6, 6.07) is 0. The lowest BCUT2D eigenvalue weighted by atomic mass is 10.1. The van der Waals surface area contributed by atoms with Gasteiger partial charge < -0.3 is 26.6 Å². The molecule has 8 heteroatoms. The van der Waals surface area contributed by atoms with Crippen LogP contribution in [0.1, 0.15) is 100 Å². The van der Waals surface area contributed by atoms with Crippen LogP contribution in [-0.2, 0) is 26.6 Å². The van der Waals surface area contributed by atoms with Gasteiger partial charge in [-0.25, -0.2) is 0 Å². The summed E-state index contributed by atoms with van der Waals surface area (Å²) in [5.74, 6) is 0. The highest BCUT2D eigenvalue weighted by atomic mass is 28.5. The number of rotatable bonds is 21. The van der Waals surface area contributed by atoms with Crippen molar-refractivity contribution < 1.29 is 26.6 Å². The Morgan fingerprint density at radius 2 is 0.767 bits per heavy atom. The molecule has 6 nitrogen and oxygen atoms in total. The molecule has 0 saturated heterocycles. The summed E-state index contributed by atoms with van der Waals surface area (Å²) < 4.78 is 37.9.